The predicted octanol–water partition coefficient (Wildman–Crippen LogP) is 3.04. The molecule has 0 bridgehead atoms. The molecule has 2 aliphatic heterocycles. The number of fused-ring (bicyclic) bond motifs is 2. The van der Waals surface area contributed by atoms with Crippen LogP contribution >= 0.6 is 23.4 Å². The Kier molecular flexibility index (Phi) is 2.69. The third kappa shape index (κ3) is 1.70. The Morgan fingerprint density at radius 2 is 2.33 bits per heavy atom. The van der Waals surface area contributed by atoms with Crippen LogP contribution in [-0.4, -0.2) is 28.5 Å². The zero-order chi connectivity index (χ0) is 10.3. The maximum atomic E-state index is 5.92. The van der Waals surface area contributed by atoms with Crippen LogP contribution < -0.4 is 0 Å². The Bertz CT molecular complexity index is 327. The molecule has 0 spiro atoms. The number of thioether (sulfide) groups is 1. The number of hydrogen-bond donors (Lipinski definition) is 0. The summed E-state index contributed by atoms with van der Waals surface area (Å²) in [6.07, 6.45) is 5.38. The molecule has 1 fully saturated rings. The highest BCUT2D eigenvalue weighted by atomic mass is 35.5. The summed E-state index contributed by atoms with van der Waals surface area (Å²) in [6.45, 7) is 1.15. The molecule has 3 rings (SSSR count). The van der Waals surface area contributed by atoms with E-state index in [0.29, 0.717) is 11.9 Å². The van der Waals surface area contributed by atoms with Crippen LogP contribution in [0.5, 0.6) is 0 Å². The minimum Gasteiger partial charge on any atom is -0.323 e. The van der Waals surface area contributed by atoms with Crippen LogP contribution in [-0.2, 0) is 0 Å². The molecule has 3 aliphatic rings. The predicted molar refractivity (Wildman–Crippen MR) is 66.3 cm³/mol. The highest BCUT2D eigenvalue weighted by molar-refractivity contribution is 8.16. The van der Waals surface area contributed by atoms with E-state index in [0.717, 1.165) is 12.5 Å². The summed E-state index contributed by atoms with van der Waals surface area (Å²) in [5.74, 6) is 1.39. The third-order valence-corrected chi connectivity index (χ3v) is 4.78. The molecule has 2 heterocycles. The molecule has 1 aliphatic carbocycles. The van der Waals surface area contributed by atoms with Gasteiger partial charge in [-0.2, -0.15) is 0 Å². The summed E-state index contributed by atoms with van der Waals surface area (Å²) in [7, 11) is 0. The van der Waals surface area contributed by atoms with Gasteiger partial charge in [-0.1, -0.05) is 24.6 Å². The van der Waals surface area contributed by atoms with Gasteiger partial charge in [-0.05, 0) is 24.2 Å². The lowest BCUT2D eigenvalue weighted by Crippen LogP contribution is -2.42. The van der Waals surface area contributed by atoms with Crippen LogP contribution in [0, 0.1) is 5.92 Å². The van der Waals surface area contributed by atoms with Crippen LogP contribution in [0.25, 0.3) is 0 Å². The topological polar surface area (TPSA) is 15.6 Å². The molecule has 15 heavy (non-hydrogen) atoms. The van der Waals surface area contributed by atoms with Crippen LogP contribution in [0.4, 0.5) is 0 Å². The first-order valence-electron chi connectivity index (χ1n) is 5.65. The van der Waals surface area contributed by atoms with E-state index < -0.39 is 0 Å². The van der Waals surface area contributed by atoms with Crippen molar-refractivity contribution in [1.82, 2.24) is 4.90 Å². The summed E-state index contributed by atoms with van der Waals surface area (Å²) in [5.41, 5.74) is 1.24. The van der Waals surface area contributed by atoms with Gasteiger partial charge < -0.3 is 4.90 Å². The standard InChI is InChI=1S/C11H15ClN2S/c12-5-9-7-15-11-13-10-4-2-1-3-8(10)6-14(9)11/h7-8,10H,1-6H2. The van der Waals surface area contributed by atoms with E-state index in [-0.39, 0.29) is 0 Å². The minimum atomic E-state index is 0.598. The van der Waals surface area contributed by atoms with Gasteiger partial charge in [-0.25, -0.2) is 0 Å². The first kappa shape index (κ1) is 10.0. The van der Waals surface area contributed by atoms with Crippen molar-refractivity contribution in [2.45, 2.75) is 31.7 Å². The van der Waals surface area contributed by atoms with Gasteiger partial charge in [-0.3, -0.25) is 4.99 Å². The first-order valence-corrected chi connectivity index (χ1v) is 7.07. The number of aliphatic imine (C=N–C) groups is 1. The van der Waals surface area contributed by atoms with Gasteiger partial charge in [0.1, 0.15) is 0 Å². The van der Waals surface area contributed by atoms with E-state index in [1.165, 1.54) is 36.5 Å². The maximum absolute atomic E-state index is 5.92. The molecule has 0 aromatic carbocycles. The molecule has 0 aromatic rings. The van der Waals surface area contributed by atoms with Crippen molar-refractivity contribution in [3.8, 4) is 0 Å². The van der Waals surface area contributed by atoms with E-state index in [1.54, 1.807) is 11.8 Å². The molecular weight excluding hydrogens is 228 g/mol. The highest BCUT2D eigenvalue weighted by Gasteiger charge is 2.35. The van der Waals surface area contributed by atoms with Gasteiger partial charge in [0.15, 0.2) is 5.17 Å². The Morgan fingerprint density at radius 1 is 1.47 bits per heavy atom. The SMILES string of the molecule is ClCC1=CSC2=NC3CCCCC3CN12. The second-order valence-electron chi connectivity index (χ2n) is 4.49. The van der Waals surface area contributed by atoms with E-state index in [1.807, 2.05) is 0 Å². The molecule has 0 amide bonds. The molecule has 1 saturated carbocycles. The lowest BCUT2D eigenvalue weighted by molar-refractivity contribution is 0.248. The van der Waals surface area contributed by atoms with Crippen LogP contribution in [0.15, 0.2) is 16.1 Å². The van der Waals surface area contributed by atoms with Crippen LogP contribution in [0.3, 0.4) is 0 Å². The first-order chi connectivity index (χ1) is 7.38. The fraction of sp³-hybridized carbons (Fsp3) is 0.727. The normalized spacial score (nSPS) is 34.3. The van der Waals surface area contributed by atoms with Crippen LogP contribution in [0.1, 0.15) is 25.7 Å². The summed E-state index contributed by atoms with van der Waals surface area (Å²) in [4.78, 5) is 7.18. The molecule has 0 saturated heterocycles. The number of amidine groups is 1. The maximum Gasteiger partial charge on any atom is 0.168 e. The van der Waals surface area contributed by atoms with Gasteiger partial charge in [0, 0.05) is 12.2 Å². The van der Waals surface area contributed by atoms with Gasteiger partial charge in [0.05, 0.1) is 11.9 Å². The second-order valence-corrected chi connectivity index (χ2v) is 5.60. The zero-order valence-electron chi connectivity index (χ0n) is 8.66. The minimum absolute atomic E-state index is 0.598. The summed E-state index contributed by atoms with van der Waals surface area (Å²) < 4.78 is 0. The van der Waals surface area contributed by atoms with Crippen molar-refractivity contribution in [3.63, 3.8) is 0 Å². The van der Waals surface area contributed by atoms with Crippen molar-refractivity contribution in [2.24, 2.45) is 10.9 Å². The van der Waals surface area contributed by atoms with Crippen molar-refractivity contribution in [3.05, 3.63) is 11.1 Å². The van der Waals surface area contributed by atoms with Crippen molar-refractivity contribution >= 4 is 28.5 Å². The Labute approximate surface area is 99.8 Å². The van der Waals surface area contributed by atoms with Crippen molar-refractivity contribution < 1.29 is 0 Å². The van der Waals surface area contributed by atoms with E-state index in [2.05, 4.69) is 10.3 Å². The third-order valence-electron chi connectivity index (χ3n) is 3.58. The number of halogens is 1. The average molecular weight is 243 g/mol. The van der Waals surface area contributed by atoms with Gasteiger partial charge in [-0.15, -0.1) is 11.6 Å². The summed E-state index contributed by atoms with van der Waals surface area (Å²) in [5, 5.41) is 3.34. The second kappa shape index (κ2) is 4.02. The largest absolute Gasteiger partial charge is 0.323 e. The van der Waals surface area contributed by atoms with Gasteiger partial charge in [0.25, 0.3) is 0 Å². The number of nitrogens with zero attached hydrogens (tertiary/aromatic N) is 2. The molecule has 2 unspecified atom stereocenters. The Hall–Kier alpha value is -0.150. The summed E-state index contributed by atoms with van der Waals surface area (Å²) in [6, 6.07) is 0.598. The molecule has 4 heteroatoms. The quantitative estimate of drug-likeness (QED) is 0.657. The monoisotopic (exact) mass is 242 g/mol. The van der Waals surface area contributed by atoms with Gasteiger partial charge >= 0.3 is 0 Å². The zero-order valence-corrected chi connectivity index (χ0v) is 10.2. The molecule has 0 aromatic heterocycles. The van der Waals surface area contributed by atoms with Crippen LogP contribution in [0.2, 0.25) is 0 Å². The summed E-state index contributed by atoms with van der Waals surface area (Å²) >= 11 is 7.67. The number of rotatable bonds is 1. The number of alkyl halides is 1. The molecule has 0 N–H and O–H groups in total. The number of hydrogen-bond acceptors (Lipinski definition) is 3. The molecule has 82 valence electrons. The molecule has 2 nitrogen and oxygen atoms in total. The fourth-order valence-electron chi connectivity index (χ4n) is 2.72. The lowest BCUT2D eigenvalue weighted by atomic mass is 9.84. The average Bonchev–Trinajstić information content (AvgIpc) is 2.68. The van der Waals surface area contributed by atoms with E-state index in [9.17, 15) is 0 Å². The molecular formula is C11H15ClN2S. The molecule has 2 atom stereocenters. The smallest absolute Gasteiger partial charge is 0.168 e. The molecule has 0 radical (unpaired) electrons. The van der Waals surface area contributed by atoms with Crippen molar-refractivity contribution in [2.75, 3.05) is 12.4 Å². The van der Waals surface area contributed by atoms with Crippen molar-refractivity contribution in [1.29, 1.82) is 0 Å². The van der Waals surface area contributed by atoms with Gasteiger partial charge in [0.2, 0.25) is 0 Å². The van der Waals surface area contributed by atoms with E-state index >= 15 is 0 Å². The highest BCUT2D eigenvalue weighted by Crippen LogP contribution is 2.37. The number of allylic oxidation sites excluding steroid dienone is 1. The Balaban J connectivity index is 1.84. The van der Waals surface area contributed by atoms with E-state index in [4.69, 9.17) is 16.6 Å². The Morgan fingerprint density at radius 3 is 3.20 bits per heavy atom. The lowest BCUT2D eigenvalue weighted by Gasteiger charge is -2.38. The fourth-order valence-corrected chi connectivity index (χ4v) is 4.00.